The van der Waals surface area contributed by atoms with E-state index in [4.69, 9.17) is 0 Å². The summed E-state index contributed by atoms with van der Waals surface area (Å²) in [6, 6.07) is 3.36. The maximum absolute atomic E-state index is 11.3. The number of anilines is 1. The molecule has 0 atom stereocenters. The van der Waals surface area contributed by atoms with Crippen LogP contribution in [0.25, 0.3) is 0 Å². The summed E-state index contributed by atoms with van der Waals surface area (Å²) < 4.78 is 0.746. The third-order valence-corrected chi connectivity index (χ3v) is 2.13. The summed E-state index contributed by atoms with van der Waals surface area (Å²) in [4.78, 5) is 15.3. The highest BCUT2D eigenvalue weighted by Gasteiger charge is 2.02. The summed E-state index contributed by atoms with van der Waals surface area (Å²) in [6.07, 6.45) is 1.60. The van der Waals surface area contributed by atoms with E-state index >= 15 is 0 Å². The van der Waals surface area contributed by atoms with Crippen LogP contribution in [-0.2, 0) is 0 Å². The van der Waals surface area contributed by atoms with Crippen LogP contribution in [0.15, 0.2) is 22.9 Å². The molecular weight excluding hydrogens is 258 g/mol. The Bertz CT molecular complexity index is 324. The van der Waals surface area contributed by atoms with Crippen LogP contribution >= 0.6 is 15.9 Å². The van der Waals surface area contributed by atoms with Crippen LogP contribution < -0.4 is 10.6 Å². The van der Waals surface area contributed by atoms with Crippen molar-refractivity contribution in [3.05, 3.63) is 22.9 Å². The fourth-order valence-corrected chi connectivity index (χ4v) is 1.16. The summed E-state index contributed by atoms with van der Waals surface area (Å²) in [6.45, 7) is 4.75. The molecule has 2 amide bonds. The van der Waals surface area contributed by atoms with Crippen molar-refractivity contribution in [1.82, 2.24) is 10.3 Å². The minimum absolute atomic E-state index is 0.201. The van der Waals surface area contributed by atoms with E-state index in [1.165, 1.54) is 0 Å². The SMILES string of the molecule is CC(C)CNC(=O)Nc1ccc(Br)nc1. The second-order valence-corrected chi connectivity index (χ2v) is 4.41. The summed E-state index contributed by atoms with van der Waals surface area (Å²) >= 11 is 3.22. The van der Waals surface area contributed by atoms with Gasteiger partial charge in [-0.1, -0.05) is 13.8 Å². The predicted octanol–water partition coefficient (Wildman–Crippen LogP) is 2.62. The molecule has 0 saturated heterocycles. The van der Waals surface area contributed by atoms with Gasteiger partial charge in [-0.25, -0.2) is 9.78 Å². The lowest BCUT2D eigenvalue weighted by Gasteiger charge is -2.08. The topological polar surface area (TPSA) is 54.0 Å². The number of nitrogens with zero attached hydrogens (tertiary/aromatic N) is 1. The molecule has 1 heterocycles. The lowest BCUT2D eigenvalue weighted by atomic mass is 10.2. The standard InChI is InChI=1S/C10H14BrN3O/c1-7(2)5-13-10(15)14-8-3-4-9(11)12-6-8/h3-4,6-7H,5H2,1-2H3,(H2,13,14,15). The van der Waals surface area contributed by atoms with Crippen LogP contribution in [0.3, 0.4) is 0 Å². The highest BCUT2D eigenvalue weighted by molar-refractivity contribution is 9.10. The number of halogens is 1. The van der Waals surface area contributed by atoms with Gasteiger partial charge in [-0.3, -0.25) is 0 Å². The quantitative estimate of drug-likeness (QED) is 0.831. The molecule has 15 heavy (non-hydrogen) atoms. The number of hydrogen-bond acceptors (Lipinski definition) is 2. The second kappa shape index (κ2) is 5.70. The van der Waals surface area contributed by atoms with Crippen molar-refractivity contribution in [2.75, 3.05) is 11.9 Å². The zero-order chi connectivity index (χ0) is 11.3. The molecule has 0 radical (unpaired) electrons. The van der Waals surface area contributed by atoms with Crippen molar-refractivity contribution in [2.45, 2.75) is 13.8 Å². The Labute approximate surface area is 97.6 Å². The average molecular weight is 272 g/mol. The largest absolute Gasteiger partial charge is 0.338 e. The number of aromatic nitrogens is 1. The maximum atomic E-state index is 11.3. The van der Waals surface area contributed by atoms with E-state index in [0.29, 0.717) is 18.2 Å². The molecule has 0 fully saturated rings. The van der Waals surface area contributed by atoms with E-state index in [0.717, 1.165) is 4.60 Å². The molecular formula is C10H14BrN3O. The molecule has 4 nitrogen and oxygen atoms in total. The van der Waals surface area contributed by atoms with Gasteiger partial charge in [-0.15, -0.1) is 0 Å². The number of rotatable bonds is 3. The van der Waals surface area contributed by atoms with Crippen LogP contribution in [0, 0.1) is 5.92 Å². The Kier molecular flexibility index (Phi) is 4.55. The number of hydrogen-bond donors (Lipinski definition) is 2. The maximum Gasteiger partial charge on any atom is 0.319 e. The van der Waals surface area contributed by atoms with Crippen molar-refractivity contribution in [3.63, 3.8) is 0 Å². The molecule has 82 valence electrons. The van der Waals surface area contributed by atoms with Crippen molar-refractivity contribution < 1.29 is 4.79 Å². The highest BCUT2D eigenvalue weighted by Crippen LogP contribution is 2.09. The van der Waals surface area contributed by atoms with Gasteiger partial charge in [0.2, 0.25) is 0 Å². The Hall–Kier alpha value is -1.10. The first-order chi connectivity index (χ1) is 7.08. The summed E-state index contributed by atoms with van der Waals surface area (Å²) in [7, 11) is 0. The van der Waals surface area contributed by atoms with E-state index in [1.54, 1.807) is 18.3 Å². The molecule has 5 heteroatoms. The van der Waals surface area contributed by atoms with Gasteiger partial charge in [0.15, 0.2) is 0 Å². The average Bonchev–Trinajstić information content (AvgIpc) is 2.19. The van der Waals surface area contributed by atoms with Crippen LogP contribution in [0.5, 0.6) is 0 Å². The first kappa shape index (κ1) is 12.0. The number of nitrogens with one attached hydrogen (secondary N) is 2. The number of urea groups is 1. The molecule has 2 N–H and O–H groups in total. The molecule has 0 aliphatic carbocycles. The second-order valence-electron chi connectivity index (χ2n) is 3.60. The zero-order valence-corrected chi connectivity index (χ0v) is 10.3. The number of carbonyl (C=O) groups excluding carboxylic acids is 1. The fourth-order valence-electron chi connectivity index (χ4n) is 0.922. The van der Waals surface area contributed by atoms with E-state index in [1.807, 2.05) is 13.8 Å². The van der Waals surface area contributed by atoms with Crippen LogP contribution in [0.2, 0.25) is 0 Å². The Morgan fingerprint density at radius 2 is 2.27 bits per heavy atom. The first-order valence-corrected chi connectivity index (χ1v) is 5.53. The number of carbonyl (C=O) groups is 1. The van der Waals surface area contributed by atoms with Crippen molar-refractivity contribution in [2.24, 2.45) is 5.92 Å². The normalized spacial score (nSPS) is 10.1. The highest BCUT2D eigenvalue weighted by atomic mass is 79.9. The third-order valence-electron chi connectivity index (χ3n) is 1.66. The lowest BCUT2D eigenvalue weighted by molar-refractivity contribution is 0.251. The van der Waals surface area contributed by atoms with Gasteiger partial charge >= 0.3 is 6.03 Å². The summed E-state index contributed by atoms with van der Waals surface area (Å²) in [5.41, 5.74) is 0.680. The van der Waals surface area contributed by atoms with E-state index in [2.05, 4.69) is 31.5 Å². The first-order valence-electron chi connectivity index (χ1n) is 4.74. The van der Waals surface area contributed by atoms with Gasteiger partial charge in [0.05, 0.1) is 11.9 Å². The predicted molar refractivity (Wildman–Crippen MR) is 63.8 cm³/mol. The molecule has 0 saturated carbocycles. The minimum Gasteiger partial charge on any atom is -0.338 e. The van der Waals surface area contributed by atoms with Gasteiger partial charge in [-0.2, -0.15) is 0 Å². The van der Waals surface area contributed by atoms with Crippen molar-refractivity contribution in [1.29, 1.82) is 0 Å². The molecule has 1 aromatic rings. The van der Waals surface area contributed by atoms with Gasteiger partial charge in [0.25, 0.3) is 0 Å². The molecule has 0 spiro atoms. The molecule has 0 aliphatic rings. The molecule has 0 bridgehead atoms. The van der Waals surface area contributed by atoms with Gasteiger partial charge in [0, 0.05) is 6.54 Å². The zero-order valence-electron chi connectivity index (χ0n) is 8.75. The number of amides is 2. The van der Waals surface area contributed by atoms with Crippen molar-refractivity contribution >= 4 is 27.6 Å². The van der Waals surface area contributed by atoms with Crippen molar-refractivity contribution in [3.8, 4) is 0 Å². The van der Waals surface area contributed by atoms with E-state index in [9.17, 15) is 4.79 Å². The van der Waals surface area contributed by atoms with Crippen LogP contribution in [0.4, 0.5) is 10.5 Å². The smallest absolute Gasteiger partial charge is 0.319 e. The fraction of sp³-hybridized carbons (Fsp3) is 0.400. The molecule has 1 aromatic heterocycles. The summed E-state index contributed by atoms with van der Waals surface area (Å²) in [5.74, 6) is 0.443. The van der Waals surface area contributed by atoms with E-state index in [-0.39, 0.29) is 6.03 Å². The molecule has 0 aromatic carbocycles. The summed E-state index contributed by atoms with van der Waals surface area (Å²) in [5, 5.41) is 5.45. The molecule has 1 rings (SSSR count). The van der Waals surface area contributed by atoms with Gasteiger partial charge < -0.3 is 10.6 Å². The van der Waals surface area contributed by atoms with Crippen LogP contribution in [-0.4, -0.2) is 17.6 Å². The lowest BCUT2D eigenvalue weighted by Crippen LogP contribution is -2.31. The number of pyridine rings is 1. The molecule has 0 unspecified atom stereocenters. The van der Waals surface area contributed by atoms with Gasteiger partial charge in [0.1, 0.15) is 4.60 Å². The van der Waals surface area contributed by atoms with Gasteiger partial charge in [-0.05, 0) is 34.0 Å². The Morgan fingerprint density at radius 3 is 2.80 bits per heavy atom. The Morgan fingerprint density at radius 1 is 1.53 bits per heavy atom. The Balaban J connectivity index is 2.41. The third kappa shape index (κ3) is 4.78. The van der Waals surface area contributed by atoms with E-state index < -0.39 is 0 Å². The van der Waals surface area contributed by atoms with Crippen LogP contribution in [0.1, 0.15) is 13.8 Å². The molecule has 0 aliphatic heterocycles. The minimum atomic E-state index is -0.201. The monoisotopic (exact) mass is 271 g/mol.